The maximum atomic E-state index is 15.6. The van der Waals surface area contributed by atoms with Gasteiger partial charge in [-0.1, -0.05) is 24.3 Å². The Balaban J connectivity index is 0.805. The van der Waals surface area contributed by atoms with E-state index < -0.39 is 47.8 Å². The third-order valence-electron chi connectivity index (χ3n) is 13.0. The molecule has 9 nitrogen and oxygen atoms in total. The molecule has 1 aliphatic carbocycles. The van der Waals surface area contributed by atoms with Gasteiger partial charge in [-0.3, -0.25) is 24.6 Å². The number of phenols is 1. The molecule has 3 fully saturated rings. The summed E-state index contributed by atoms with van der Waals surface area (Å²) in [5, 5.41) is 12.4. The first-order chi connectivity index (χ1) is 27.9. The quantitative estimate of drug-likeness (QED) is 0.156. The number of alkyl halides is 2. The normalized spacial score (nSPS) is 23.8. The summed E-state index contributed by atoms with van der Waals surface area (Å²) in [6.07, 6.45) is 1.96. The van der Waals surface area contributed by atoms with Crippen molar-refractivity contribution in [1.82, 2.24) is 15.1 Å². The van der Waals surface area contributed by atoms with Crippen LogP contribution in [0.25, 0.3) is 0 Å². The highest BCUT2D eigenvalue weighted by Gasteiger charge is 2.48. The van der Waals surface area contributed by atoms with Gasteiger partial charge in [0.05, 0.1) is 0 Å². The van der Waals surface area contributed by atoms with Gasteiger partial charge in [-0.15, -0.1) is 0 Å². The number of amides is 3. The van der Waals surface area contributed by atoms with E-state index >= 15 is 13.2 Å². The summed E-state index contributed by atoms with van der Waals surface area (Å²) in [6, 6.07) is 20.2. The number of hydrogen-bond acceptors (Lipinski definition) is 7. The van der Waals surface area contributed by atoms with Crippen molar-refractivity contribution in [3.63, 3.8) is 0 Å². The number of benzene rings is 4. The second kappa shape index (κ2) is 15.1. The molecule has 3 amide bonds. The molecular formula is C45H45F4N5O4. The van der Waals surface area contributed by atoms with E-state index in [1.165, 1.54) is 18.2 Å². The fourth-order valence-corrected chi connectivity index (χ4v) is 9.93. The molecular weight excluding hydrogens is 751 g/mol. The molecule has 0 saturated carbocycles. The van der Waals surface area contributed by atoms with Gasteiger partial charge < -0.3 is 19.8 Å². The van der Waals surface area contributed by atoms with Crippen LogP contribution in [0.1, 0.15) is 82.1 Å². The maximum Gasteiger partial charge on any atom is 0.274 e. The zero-order chi connectivity index (χ0) is 40.3. The molecule has 4 heterocycles. The van der Waals surface area contributed by atoms with Gasteiger partial charge in [0.25, 0.3) is 11.8 Å². The lowest BCUT2D eigenvalue weighted by Crippen LogP contribution is -2.52. The Morgan fingerprint density at radius 1 is 0.759 bits per heavy atom. The van der Waals surface area contributed by atoms with Crippen molar-refractivity contribution in [2.24, 2.45) is 5.92 Å². The predicted molar refractivity (Wildman–Crippen MR) is 210 cm³/mol. The van der Waals surface area contributed by atoms with Gasteiger partial charge in [0, 0.05) is 106 Å². The Morgan fingerprint density at radius 2 is 1.47 bits per heavy atom. The number of imide groups is 1. The molecule has 0 radical (unpaired) electrons. The highest BCUT2D eigenvalue weighted by Crippen LogP contribution is 2.55. The molecule has 0 spiro atoms. The van der Waals surface area contributed by atoms with Crippen LogP contribution >= 0.6 is 0 Å². The van der Waals surface area contributed by atoms with E-state index in [0.29, 0.717) is 30.0 Å². The number of piperidine rings is 2. The zero-order valence-electron chi connectivity index (χ0n) is 32.0. The van der Waals surface area contributed by atoms with E-state index in [9.17, 15) is 23.9 Å². The van der Waals surface area contributed by atoms with Gasteiger partial charge in [-0.05, 0) is 96.0 Å². The number of piperazine rings is 1. The van der Waals surface area contributed by atoms with Gasteiger partial charge in [0.2, 0.25) is 11.8 Å². The van der Waals surface area contributed by atoms with Crippen molar-refractivity contribution in [3.05, 3.63) is 124 Å². The summed E-state index contributed by atoms with van der Waals surface area (Å²) in [4.78, 5) is 46.0. The first-order valence-electron chi connectivity index (χ1n) is 20.2. The molecule has 3 atom stereocenters. The molecule has 3 saturated heterocycles. The number of nitrogens with zero attached hydrogens (tertiary/aromatic N) is 4. The van der Waals surface area contributed by atoms with Crippen molar-refractivity contribution in [2.45, 2.75) is 62.4 Å². The highest BCUT2D eigenvalue weighted by molar-refractivity contribution is 6.05. The summed E-state index contributed by atoms with van der Waals surface area (Å²) in [5.74, 6) is -7.10. The standard InChI is InChI=1S/C45H45F4N5O4/c46-30-3-8-35(39(47)22-30)37-24-45(48,49)38-23-33(55)7-10-36(38)42(37)28-1-4-31(5-2-28)52-15-13-27(14-16-52)25-51-17-19-53(20-18-51)32-6-9-34-29(21-32)26-54(44(34)58)40-11-12-41(56)50-43(40)57/h1-10,21-23,27,37,40,42,55H,11-20,24-26H2,(H,50,56,57)/t37-,40+,42-/m1/s1. The van der Waals surface area contributed by atoms with Crippen LogP contribution in [-0.2, 0) is 22.1 Å². The summed E-state index contributed by atoms with van der Waals surface area (Å²) in [5.41, 5.74) is 4.46. The van der Waals surface area contributed by atoms with Crippen LogP contribution in [0.15, 0.2) is 78.9 Å². The van der Waals surface area contributed by atoms with Crippen molar-refractivity contribution >= 4 is 29.1 Å². The van der Waals surface area contributed by atoms with Crippen LogP contribution in [0.5, 0.6) is 5.75 Å². The van der Waals surface area contributed by atoms with Gasteiger partial charge in [-0.2, -0.15) is 0 Å². The van der Waals surface area contributed by atoms with E-state index in [-0.39, 0.29) is 35.1 Å². The first kappa shape index (κ1) is 38.1. The Morgan fingerprint density at radius 3 is 2.19 bits per heavy atom. The number of phenolic OH excluding ortho intramolecular Hbond substituents is 1. The van der Waals surface area contributed by atoms with Gasteiger partial charge in [0.15, 0.2) is 0 Å². The van der Waals surface area contributed by atoms with Crippen molar-refractivity contribution in [3.8, 4) is 5.75 Å². The SMILES string of the molecule is O=C1CC[C@H](N2Cc3cc(N4CCN(CC5CCN(c6ccc([C@@H]7c8ccc(O)cc8C(F)(F)C[C@@H]7c7ccc(F)cc7F)cc6)CC5)CC4)ccc3C2=O)C(=O)N1. The smallest absolute Gasteiger partial charge is 0.274 e. The van der Waals surface area contributed by atoms with Crippen LogP contribution in [0, 0.1) is 17.6 Å². The number of carbonyl (C=O) groups is 3. The topological polar surface area (TPSA) is 96.4 Å². The minimum absolute atomic E-state index is 0.0402. The number of fused-ring (bicyclic) bond motifs is 2. The average Bonchev–Trinajstić information content (AvgIpc) is 3.53. The number of rotatable bonds is 7. The number of nitrogens with one attached hydrogen (secondary N) is 1. The van der Waals surface area contributed by atoms with Crippen LogP contribution in [0.2, 0.25) is 0 Å². The fraction of sp³-hybridized carbons (Fsp3) is 0.400. The molecule has 0 aromatic heterocycles. The molecule has 58 heavy (non-hydrogen) atoms. The minimum Gasteiger partial charge on any atom is -0.508 e. The number of anilines is 2. The second-order valence-electron chi connectivity index (χ2n) is 16.5. The van der Waals surface area contributed by atoms with E-state index in [2.05, 4.69) is 26.1 Å². The van der Waals surface area contributed by atoms with Crippen molar-refractivity contribution < 1.29 is 37.1 Å². The van der Waals surface area contributed by atoms with Crippen LogP contribution < -0.4 is 15.1 Å². The molecule has 4 aromatic rings. The lowest BCUT2D eigenvalue weighted by molar-refractivity contribution is -0.136. The summed E-state index contributed by atoms with van der Waals surface area (Å²) in [6.45, 7) is 6.74. The lowest BCUT2D eigenvalue weighted by Gasteiger charge is -2.40. The second-order valence-corrected chi connectivity index (χ2v) is 16.5. The van der Waals surface area contributed by atoms with E-state index in [1.807, 2.05) is 36.4 Å². The van der Waals surface area contributed by atoms with Crippen LogP contribution in [0.3, 0.4) is 0 Å². The van der Waals surface area contributed by atoms with E-state index in [1.54, 1.807) is 4.90 Å². The molecule has 4 aliphatic heterocycles. The molecule has 5 aliphatic rings. The van der Waals surface area contributed by atoms with Crippen molar-refractivity contribution in [1.29, 1.82) is 0 Å². The average molecular weight is 796 g/mol. The number of halogens is 4. The molecule has 9 rings (SSSR count). The summed E-state index contributed by atoms with van der Waals surface area (Å²) >= 11 is 0. The van der Waals surface area contributed by atoms with E-state index in [0.717, 1.165) is 99.4 Å². The Kier molecular flexibility index (Phi) is 9.90. The minimum atomic E-state index is -3.32. The number of carbonyl (C=O) groups excluding carboxylic acids is 3. The van der Waals surface area contributed by atoms with E-state index in [4.69, 9.17) is 0 Å². The number of aromatic hydroxyl groups is 1. The van der Waals surface area contributed by atoms with Gasteiger partial charge in [-0.25, -0.2) is 17.6 Å². The third-order valence-corrected chi connectivity index (χ3v) is 13.0. The first-order valence-corrected chi connectivity index (χ1v) is 20.2. The molecule has 302 valence electrons. The maximum absolute atomic E-state index is 15.6. The fourth-order valence-electron chi connectivity index (χ4n) is 9.93. The Bertz CT molecular complexity index is 2250. The van der Waals surface area contributed by atoms with Gasteiger partial charge >= 0.3 is 0 Å². The largest absolute Gasteiger partial charge is 0.508 e. The lowest BCUT2D eigenvalue weighted by atomic mass is 9.67. The Labute approximate surface area is 334 Å². The molecule has 13 heteroatoms. The summed E-state index contributed by atoms with van der Waals surface area (Å²) in [7, 11) is 0. The predicted octanol–water partition coefficient (Wildman–Crippen LogP) is 6.88. The van der Waals surface area contributed by atoms with Crippen molar-refractivity contribution in [2.75, 3.05) is 55.6 Å². The molecule has 4 aromatic carbocycles. The van der Waals surface area contributed by atoms with Crippen LogP contribution in [-0.4, -0.2) is 84.5 Å². The number of hydrogen-bond donors (Lipinski definition) is 2. The zero-order valence-corrected chi connectivity index (χ0v) is 32.0. The van der Waals surface area contributed by atoms with Crippen LogP contribution in [0.4, 0.5) is 28.9 Å². The highest BCUT2D eigenvalue weighted by atomic mass is 19.3. The third kappa shape index (κ3) is 7.18. The Hall–Kier alpha value is -5.43. The summed E-state index contributed by atoms with van der Waals surface area (Å²) < 4.78 is 60.2. The molecule has 0 unspecified atom stereocenters. The monoisotopic (exact) mass is 795 g/mol. The molecule has 0 bridgehead atoms. The molecule has 2 N–H and O–H groups in total. The van der Waals surface area contributed by atoms with Gasteiger partial charge in [0.1, 0.15) is 23.4 Å².